The molecule has 0 saturated carbocycles. The van der Waals surface area contributed by atoms with E-state index in [9.17, 15) is 4.39 Å². The van der Waals surface area contributed by atoms with E-state index in [0.717, 1.165) is 15.9 Å². The predicted octanol–water partition coefficient (Wildman–Crippen LogP) is 2.01. The SMILES string of the molecule is Cn1cnc(CNCc2cc(F)cc(Br)c2)n1. The fraction of sp³-hybridized carbons (Fsp3) is 0.273. The fourth-order valence-electron chi connectivity index (χ4n) is 1.50. The summed E-state index contributed by atoms with van der Waals surface area (Å²) in [5, 5.41) is 7.30. The largest absolute Gasteiger partial charge is 0.306 e. The average molecular weight is 299 g/mol. The van der Waals surface area contributed by atoms with Gasteiger partial charge in [-0.1, -0.05) is 15.9 Å². The van der Waals surface area contributed by atoms with Crippen molar-refractivity contribution in [2.45, 2.75) is 13.1 Å². The molecule has 2 aromatic rings. The van der Waals surface area contributed by atoms with Crippen molar-refractivity contribution in [3.8, 4) is 0 Å². The van der Waals surface area contributed by atoms with Crippen LogP contribution < -0.4 is 5.32 Å². The Morgan fingerprint density at radius 3 is 2.82 bits per heavy atom. The number of aromatic nitrogens is 3. The molecule has 1 aromatic carbocycles. The maximum Gasteiger partial charge on any atom is 0.164 e. The molecule has 2 rings (SSSR count). The van der Waals surface area contributed by atoms with E-state index in [1.165, 1.54) is 12.1 Å². The molecule has 1 heterocycles. The molecule has 0 saturated heterocycles. The van der Waals surface area contributed by atoms with Gasteiger partial charge in [0.2, 0.25) is 0 Å². The third-order valence-electron chi connectivity index (χ3n) is 2.18. The molecule has 6 heteroatoms. The van der Waals surface area contributed by atoms with Gasteiger partial charge in [-0.05, 0) is 23.8 Å². The van der Waals surface area contributed by atoms with E-state index in [-0.39, 0.29) is 5.82 Å². The third kappa shape index (κ3) is 3.61. The number of halogens is 2. The highest BCUT2D eigenvalue weighted by molar-refractivity contribution is 9.10. The van der Waals surface area contributed by atoms with Crippen molar-refractivity contribution in [2.24, 2.45) is 7.05 Å². The van der Waals surface area contributed by atoms with Crippen LogP contribution in [0.4, 0.5) is 4.39 Å². The minimum Gasteiger partial charge on any atom is -0.306 e. The molecule has 0 atom stereocenters. The van der Waals surface area contributed by atoms with Crippen molar-refractivity contribution in [1.29, 1.82) is 0 Å². The van der Waals surface area contributed by atoms with Gasteiger partial charge in [0, 0.05) is 18.1 Å². The Morgan fingerprint density at radius 2 is 2.18 bits per heavy atom. The highest BCUT2D eigenvalue weighted by atomic mass is 79.9. The van der Waals surface area contributed by atoms with Crippen LogP contribution in [0.5, 0.6) is 0 Å². The molecule has 0 aliphatic heterocycles. The molecule has 0 spiro atoms. The number of hydrogen-bond donors (Lipinski definition) is 1. The fourth-order valence-corrected chi connectivity index (χ4v) is 2.01. The smallest absolute Gasteiger partial charge is 0.164 e. The Kier molecular flexibility index (Phi) is 3.86. The predicted molar refractivity (Wildman–Crippen MR) is 65.6 cm³/mol. The zero-order valence-electron chi connectivity index (χ0n) is 9.32. The molecule has 1 aromatic heterocycles. The first-order valence-corrected chi connectivity index (χ1v) is 5.93. The summed E-state index contributed by atoms with van der Waals surface area (Å²) in [5.41, 5.74) is 0.882. The van der Waals surface area contributed by atoms with Crippen molar-refractivity contribution in [3.63, 3.8) is 0 Å². The lowest BCUT2D eigenvalue weighted by molar-refractivity contribution is 0.615. The number of nitrogens with one attached hydrogen (secondary N) is 1. The Bertz CT molecular complexity index is 492. The van der Waals surface area contributed by atoms with E-state index in [2.05, 4.69) is 31.3 Å². The van der Waals surface area contributed by atoms with Gasteiger partial charge < -0.3 is 5.32 Å². The van der Waals surface area contributed by atoms with Gasteiger partial charge >= 0.3 is 0 Å². The van der Waals surface area contributed by atoms with Gasteiger partial charge in [-0.25, -0.2) is 9.37 Å². The minimum atomic E-state index is -0.243. The van der Waals surface area contributed by atoms with Gasteiger partial charge in [-0.2, -0.15) is 5.10 Å². The molecule has 0 unspecified atom stereocenters. The Balaban J connectivity index is 1.89. The summed E-state index contributed by atoms with van der Waals surface area (Å²) in [6, 6.07) is 4.81. The van der Waals surface area contributed by atoms with Crippen molar-refractivity contribution in [3.05, 3.63) is 46.2 Å². The number of benzene rings is 1. The van der Waals surface area contributed by atoms with Crippen molar-refractivity contribution < 1.29 is 4.39 Å². The van der Waals surface area contributed by atoms with Crippen LogP contribution in [-0.4, -0.2) is 14.8 Å². The van der Waals surface area contributed by atoms with Crippen molar-refractivity contribution in [1.82, 2.24) is 20.1 Å². The van der Waals surface area contributed by atoms with Gasteiger partial charge in [0.05, 0.1) is 6.54 Å². The van der Waals surface area contributed by atoms with Crippen LogP contribution in [0.1, 0.15) is 11.4 Å². The molecule has 90 valence electrons. The molecule has 0 aliphatic rings. The van der Waals surface area contributed by atoms with Crippen LogP contribution in [-0.2, 0) is 20.1 Å². The van der Waals surface area contributed by atoms with Gasteiger partial charge in [0.15, 0.2) is 5.82 Å². The Hall–Kier alpha value is -1.27. The lowest BCUT2D eigenvalue weighted by Gasteiger charge is -2.03. The molecule has 0 radical (unpaired) electrons. The van der Waals surface area contributed by atoms with E-state index in [0.29, 0.717) is 13.1 Å². The summed E-state index contributed by atoms with van der Waals surface area (Å²) in [5.74, 6) is 0.482. The van der Waals surface area contributed by atoms with E-state index in [1.807, 2.05) is 13.1 Å². The van der Waals surface area contributed by atoms with Crippen LogP contribution in [0.25, 0.3) is 0 Å². The second-order valence-electron chi connectivity index (χ2n) is 3.72. The summed E-state index contributed by atoms with van der Waals surface area (Å²) in [7, 11) is 1.82. The van der Waals surface area contributed by atoms with E-state index >= 15 is 0 Å². The second kappa shape index (κ2) is 5.37. The standard InChI is InChI=1S/C11H12BrFN4/c1-17-7-15-11(16-17)6-14-5-8-2-9(12)4-10(13)3-8/h2-4,7,14H,5-6H2,1H3. The molecule has 0 amide bonds. The number of aryl methyl sites for hydroxylation is 1. The molecular weight excluding hydrogens is 287 g/mol. The van der Waals surface area contributed by atoms with Crippen LogP contribution >= 0.6 is 15.9 Å². The first-order chi connectivity index (χ1) is 8.13. The highest BCUT2D eigenvalue weighted by Gasteiger charge is 2.01. The molecule has 0 aliphatic carbocycles. The van der Waals surface area contributed by atoms with Crippen LogP contribution in [0.15, 0.2) is 29.0 Å². The first-order valence-electron chi connectivity index (χ1n) is 5.14. The van der Waals surface area contributed by atoms with E-state index < -0.39 is 0 Å². The number of rotatable bonds is 4. The lowest BCUT2D eigenvalue weighted by Crippen LogP contribution is -2.14. The summed E-state index contributed by atoms with van der Waals surface area (Å²) < 4.78 is 15.5. The molecule has 4 nitrogen and oxygen atoms in total. The monoisotopic (exact) mass is 298 g/mol. The van der Waals surface area contributed by atoms with Crippen molar-refractivity contribution in [2.75, 3.05) is 0 Å². The van der Waals surface area contributed by atoms with Crippen molar-refractivity contribution >= 4 is 15.9 Å². The van der Waals surface area contributed by atoms with E-state index in [1.54, 1.807) is 11.0 Å². The topological polar surface area (TPSA) is 42.7 Å². The van der Waals surface area contributed by atoms with Gasteiger partial charge in [0.1, 0.15) is 12.1 Å². The minimum absolute atomic E-state index is 0.243. The molecular formula is C11H12BrFN4. The number of hydrogen-bond acceptors (Lipinski definition) is 3. The number of nitrogens with zero attached hydrogens (tertiary/aromatic N) is 3. The summed E-state index contributed by atoms with van der Waals surface area (Å²) in [6.45, 7) is 1.14. The van der Waals surface area contributed by atoms with Gasteiger partial charge in [0.25, 0.3) is 0 Å². The zero-order chi connectivity index (χ0) is 12.3. The molecule has 17 heavy (non-hydrogen) atoms. The van der Waals surface area contributed by atoms with Crippen LogP contribution in [0.3, 0.4) is 0 Å². The highest BCUT2D eigenvalue weighted by Crippen LogP contribution is 2.14. The second-order valence-corrected chi connectivity index (χ2v) is 4.63. The first kappa shape index (κ1) is 12.2. The maximum absolute atomic E-state index is 13.1. The van der Waals surface area contributed by atoms with E-state index in [4.69, 9.17) is 0 Å². The van der Waals surface area contributed by atoms with Gasteiger partial charge in [-0.15, -0.1) is 0 Å². The van der Waals surface area contributed by atoms with Crippen LogP contribution in [0, 0.1) is 5.82 Å². The lowest BCUT2D eigenvalue weighted by atomic mass is 10.2. The zero-order valence-corrected chi connectivity index (χ0v) is 10.9. The summed E-state index contributed by atoms with van der Waals surface area (Å²) >= 11 is 3.26. The average Bonchev–Trinajstić information content (AvgIpc) is 2.63. The summed E-state index contributed by atoms with van der Waals surface area (Å²) in [4.78, 5) is 4.09. The molecule has 0 fully saturated rings. The Morgan fingerprint density at radius 1 is 1.35 bits per heavy atom. The quantitative estimate of drug-likeness (QED) is 0.939. The maximum atomic E-state index is 13.1. The van der Waals surface area contributed by atoms with Crippen LogP contribution in [0.2, 0.25) is 0 Å². The molecule has 0 bridgehead atoms. The third-order valence-corrected chi connectivity index (χ3v) is 2.64. The normalized spacial score (nSPS) is 10.8. The van der Waals surface area contributed by atoms with Gasteiger partial charge in [-0.3, -0.25) is 4.68 Å². The summed E-state index contributed by atoms with van der Waals surface area (Å²) in [6.07, 6.45) is 1.65. The Labute approximate surface area is 107 Å². The molecule has 1 N–H and O–H groups in total.